The first kappa shape index (κ1) is 14.8. The van der Waals surface area contributed by atoms with Crippen LogP contribution in [-0.2, 0) is 0 Å². The van der Waals surface area contributed by atoms with E-state index < -0.39 is 0 Å². The van der Waals surface area contributed by atoms with Crippen LogP contribution in [-0.4, -0.2) is 24.7 Å². The van der Waals surface area contributed by atoms with Gasteiger partial charge in [0.25, 0.3) is 0 Å². The molecule has 8 N–H and O–H groups in total. The van der Waals surface area contributed by atoms with E-state index in [0.29, 0.717) is 12.5 Å². The summed E-state index contributed by atoms with van der Waals surface area (Å²) in [5.41, 5.74) is 23.7. The van der Waals surface area contributed by atoms with Gasteiger partial charge in [0.1, 0.15) is 0 Å². The van der Waals surface area contributed by atoms with Crippen molar-refractivity contribution in [3.63, 3.8) is 0 Å². The summed E-state index contributed by atoms with van der Waals surface area (Å²) in [6.07, 6.45) is 3.86. The molecule has 4 unspecified atom stereocenters. The van der Waals surface area contributed by atoms with E-state index in [-0.39, 0.29) is 18.1 Å². The van der Waals surface area contributed by atoms with E-state index in [9.17, 15) is 0 Å². The molecule has 4 nitrogen and oxygen atoms in total. The molecule has 0 aromatic rings. The molecule has 0 spiro atoms. The van der Waals surface area contributed by atoms with Crippen molar-refractivity contribution in [3.05, 3.63) is 0 Å². The molecule has 0 saturated carbocycles. The molecule has 15 heavy (non-hydrogen) atoms. The molecule has 0 aromatic carbocycles. The third-order valence-electron chi connectivity index (χ3n) is 3.13. The topological polar surface area (TPSA) is 104 Å². The first-order chi connectivity index (χ1) is 7.08. The lowest BCUT2D eigenvalue weighted by Gasteiger charge is -2.32. The van der Waals surface area contributed by atoms with Gasteiger partial charge in [-0.3, -0.25) is 0 Å². The molecule has 0 aliphatic carbocycles. The van der Waals surface area contributed by atoms with E-state index in [0.717, 1.165) is 25.7 Å². The van der Waals surface area contributed by atoms with Crippen molar-refractivity contribution in [1.82, 2.24) is 0 Å². The Labute approximate surface area is 93.7 Å². The molecule has 0 heterocycles. The Kier molecular flexibility index (Phi) is 7.96. The molecule has 0 aromatic heterocycles. The van der Waals surface area contributed by atoms with Crippen LogP contribution in [0.2, 0.25) is 0 Å². The lowest BCUT2D eigenvalue weighted by atomic mass is 9.83. The quantitative estimate of drug-likeness (QED) is 0.463. The Bertz CT molecular complexity index is 152. The second-order valence-electron chi connectivity index (χ2n) is 4.34. The molecule has 0 aliphatic heterocycles. The Morgan fingerprint density at radius 2 is 1.53 bits per heavy atom. The predicted octanol–water partition coefficient (Wildman–Crippen LogP) is 0.143. The van der Waals surface area contributed by atoms with Gasteiger partial charge >= 0.3 is 0 Å². The van der Waals surface area contributed by atoms with E-state index in [1.807, 2.05) is 0 Å². The van der Waals surface area contributed by atoms with Gasteiger partial charge in [-0.1, -0.05) is 20.3 Å². The van der Waals surface area contributed by atoms with Gasteiger partial charge < -0.3 is 22.9 Å². The highest BCUT2D eigenvalue weighted by Crippen LogP contribution is 2.18. The minimum Gasteiger partial charge on any atom is -0.330 e. The first-order valence-electron chi connectivity index (χ1n) is 6.05. The summed E-state index contributed by atoms with van der Waals surface area (Å²) in [5.74, 6) is 0.300. The Morgan fingerprint density at radius 3 is 1.93 bits per heavy atom. The lowest BCUT2D eigenvalue weighted by molar-refractivity contribution is 0.281. The fourth-order valence-electron chi connectivity index (χ4n) is 2.02. The molecule has 0 saturated heterocycles. The summed E-state index contributed by atoms with van der Waals surface area (Å²) >= 11 is 0. The summed E-state index contributed by atoms with van der Waals surface area (Å²) in [7, 11) is 0. The number of hydrogen-bond donors (Lipinski definition) is 4. The lowest BCUT2D eigenvalue weighted by Crippen LogP contribution is -2.52. The van der Waals surface area contributed by atoms with E-state index in [1.54, 1.807) is 0 Å². The SMILES string of the molecule is CCCC(C(N)CCN)C(N)C(N)CC. The summed E-state index contributed by atoms with van der Waals surface area (Å²) in [5, 5.41) is 0. The van der Waals surface area contributed by atoms with Crippen molar-refractivity contribution in [2.45, 2.75) is 57.7 Å². The van der Waals surface area contributed by atoms with Crippen LogP contribution in [0.4, 0.5) is 0 Å². The molecule has 0 radical (unpaired) electrons. The normalized spacial score (nSPS) is 19.6. The zero-order chi connectivity index (χ0) is 11.8. The average Bonchev–Trinajstić information content (AvgIpc) is 2.24. The van der Waals surface area contributed by atoms with Crippen LogP contribution in [0.3, 0.4) is 0 Å². The maximum atomic E-state index is 6.14. The summed E-state index contributed by atoms with van der Waals surface area (Å²) in [6, 6.07) is 0.129. The van der Waals surface area contributed by atoms with Crippen LogP contribution in [0, 0.1) is 5.92 Å². The molecule has 92 valence electrons. The fourth-order valence-corrected chi connectivity index (χ4v) is 2.02. The number of rotatable bonds is 8. The molecule has 4 heteroatoms. The first-order valence-corrected chi connectivity index (χ1v) is 6.05. The van der Waals surface area contributed by atoms with Crippen molar-refractivity contribution >= 4 is 0 Å². The molecular weight excluding hydrogens is 188 g/mol. The van der Waals surface area contributed by atoms with Crippen LogP contribution in [0.25, 0.3) is 0 Å². The predicted molar refractivity (Wildman–Crippen MR) is 66.3 cm³/mol. The molecule has 0 amide bonds. The highest BCUT2D eigenvalue weighted by molar-refractivity contribution is 4.88. The van der Waals surface area contributed by atoms with Crippen molar-refractivity contribution in [2.75, 3.05) is 6.54 Å². The van der Waals surface area contributed by atoms with Gasteiger partial charge in [0.05, 0.1) is 0 Å². The van der Waals surface area contributed by atoms with Gasteiger partial charge in [0.15, 0.2) is 0 Å². The second kappa shape index (κ2) is 8.05. The number of nitrogens with two attached hydrogens (primary N) is 4. The zero-order valence-corrected chi connectivity index (χ0v) is 10.2. The van der Waals surface area contributed by atoms with Gasteiger partial charge in [-0.05, 0) is 31.7 Å². The van der Waals surface area contributed by atoms with Crippen molar-refractivity contribution in [2.24, 2.45) is 28.9 Å². The zero-order valence-electron chi connectivity index (χ0n) is 10.2. The Morgan fingerprint density at radius 1 is 0.933 bits per heavy atom. The standard InChI is InChI=1S/C11H28N4/c1-3-5-8(10(14)6-7-12)11(15)9(13)4-2/h8-11H,3-7,12-15H2,1-2H3. The van der Waals surface area contributed by atoms with E-state index in [4.69, 9.17) is 22.9 Å². The minimum atomic E-state index is -0.00324. The molecule has 0 rings (SSSR count). The van der Waals surface area contributed by atoms with Crippen molar-refractivity contribution in [3.8, 4) is 0 Å². The second-order valence-corrected chi connectivity index (χ2v) is 4.34. The van der Waals surface area contributed by atoms with E-state index in [2.05, 4.69) is 13.8 Å². The maximum Gasteiger partial charge on any atom is 0.0235 e. The van der Waals surface area contributed by atoms with Crippen molar-refractivity contribution < 1.29 is 0 Å². The average molecular weight is 216 g/mol. The molecule has 0 aliphatic rings. The van der Waals surface area contributed by atoms with Gasteiger partial charge in [-0.15, -0.1) is 0 Å². The smallest absolute Gasteiger partial charge is 0.0235 e. The highest BCUT2D eigenvalue weighted by atomic mass is 14.8. The van der Waals surface area contributed by atoms with Gasteiger partial charge in [-0.25, -0.2) is 0 Å². The maximum absolute atomic E-state index is 6.14. The van der Waals surface area contributed by atoms with Gasteiger partial charge in [-0.2, -0.15) is 0 Å². The van der Waals surface area contributed by atoms with Crippen LogP contribution >= 0.6 is 0 Å². The van der Waals surface area contributed by atoms with E-state index in [1.165, 1.54) is 0 Å². The van der Waals surface area contributed by atoms with Crippen LogP contribution in [0.1, 0.15) is 39.5 Å². The minimum absolute atomic E-state index is 0.00324. The Balaban J connectivity index is 4.34. The summed E-state index contributed by atoms with van der Waals surface area (Å²) in [6.45, 7) is 4.82. The Hall–Kier alpha value is -0.160. The van der Waals surface area contributed by atoms with Gasteiger partial charge in [0, 0.05) is 18.1 Å². The fraction of sp³-hybridized carbons (Fsp3) is 1.00. The largest absolute Gasteiger partial charge is 0.330 e. The third-order valence-corrected chi connectivity index (χ3v) is 3.13. The molecule has 4 atom stereocenters. The summed E-state index contributed by atoms with van der Waals surface area (Å²) < 4.78 is 0. The van der Waals surface area contributed by atoms with Crippen LogP contribution in [0.15, 0.2) is 0 Å². The third kappa shape index (κ3) is 4.93. The monoisotopic (exact) mass is 216 g/mol. The molecule has 0 bridgehead atoms. The summed E-state index contributed by atoms with van der Waals surface area (Å²) in [4.78, 5) is 0. The highest BCUT2D eigenvalue weighted by Gasteiger charge is 2.26. The molecule has 0 fully saturated rings. The van der Waals surface area contributed by atoms with Crippen LogP contribution in [0.5, 0.6) is 0 Å². The number of hydrogen-bond acceptors (Lipinski definition) is 4. The van der Waals surface area contributed by atoms with Crippen LogP contribution < -0.4 is 22.9 Å². The van der Waals surface area contributed by atoms with E-state index >= 15 is 0 Å². The molecular formula is C11H28N4. The van der Waals surface area contributed by atoms with Crippen molar-refractivity contribution in [1.29, 1.82) is 0 Å². The van der Waals surface area contributed by atoms with Gasteiger partial charge in [0.2, 0.25) is 0 Å².